The van der Waals surface area contributed by atoms with Crippen LogP contribution in [0, 0.1) is 0 Å². The second kappa shape index (κ2) is 12.4. The van der Waals surface area contributed by atoms with Crippen LogP contribution in [0.15, 0.2) is 91.0 Å². The maximum atomic E-state index is 12.5. The van der Waals surface area contributed by atoms with Crippen LogP contribution in [0.4, 0.5) is 17.3 Å². The summed E-state index contributed by atoms with van der Waals surface area (Å²) < 4.78 is 7.72. The van der Waals surface area contributed by atoms with Crippen molar-refractivity contribution in [2.75, 3.05) is 36.9 Å². The van der Waals surface area contributed by atoms with E-state index in [1.54, 1.807) is 12.1 Å². The molecule has 208 valence electrons. The molecule has 1 fully saturated rings. The number of ether oxygens (including phenoxy) is 1. The van der Waals surface area contributed by atoms with E-state index in [4.69, 9.17) is 21.4 Å². The summed E-state index contributed by atoms with van der Waals surface area (Å²) >= 11 is 6.03. The number of aromatic nitrogens is 3. The highest BCUT2D eigenvalue weighted by Gasteiger charge is 2.12. The number of fused-ring (bicyclic) bond motifs is 1. The molecule has 3 heterocycles. The number of carbonyl (C=O) groups excluding carboxylic acids is 1. The first kappa shape index (κ1) is 26.8. The van der Waals surface area contributed by atoms with Gasteiger partial charge in [-0.05, 0) is 92.2 Å². The van der Waals surface area contributed by atoms with Gasteiger partial charge < -0.3 is 15.4 Å². The molecule has 0 atom stereocenters. The van der Waals surface area contributed by atoms with Crippen LogP contribution in [0.5, 0.6) is 5.75 Å². The van der Waals surface area contributed by atoms with Crippen molar-refractivity contribution in [3.8, 4) is 17.0 Å². The quantitative estimate of drug-likeness (QED) is 0.202. The highest BCUT2D eigenvalue weighted by atomic mass is 35.5. The molecule has 8 nitrogen and oxygen atoms in total. The number of likely N-dealkylation sites (tertiary alicyclic amines) is 1. The zero-order chi connectivity index (χ0) is 28.0. The van der Waals surface area contributed by atoms with Gasteiger partial charge in [-0.15, -0.1) is 5.10 Å². The summed E-state index contributed by atoms with van der Waals surface area (Å²) in [5.74, 6) is 1.25. The Labute approximate surface area is 243 Å². The molecule has 1 saturated heterocycles. The van der Waals surface area contributed by atoms with E-state index < -0.39 is 0 Å². The number of carbonyl (C=O) groups is 1. The third kappa shape index (κ3) is 6.85. The Morgan fingerprint density at radius 2 is 1.66 bits per heavy atom. The van der Waals surface area contributed by atoms with Crippen molar-refractivity contribution in [3.63, 3.8) is 0 Å². The molecular weight excluding hydrogens is 536 g/mol. The number of anilines is 3. The number of amides is 1. The normalized spacial score (nSPS) is 13.4. The summed E-state index contributed by atoms with van der Waals surface area (Å²) in [4.78, 5) is 19.6. The lowest BCUT2D eigenvalue weighted by atomic mass is 10.1. The molecule has 2 N–H and O–H groups in total. The van der Waals surface area contributed by atoms with Gasteiger partial charge in [0.15, 0.2) is 5.65 Å². The van der Waals surface area contributed by atoms with E-state index in [0.29, 0.717) is 17.6 Å². The molecule has 0 spiro atoms. The van der Waals surface area contributed by atoms with Gasteiger partial charge in [-0.3, -0.25) is 9.69 Å². The standard InChI is InChI=1S/C32H31ClN6O2/c33-25-6-3-5-23(21-25)22-31(40)34-26-11-9-24(10-12-26)29-7-4-8-30-36-32(37-39(29)30)35-27-13-15-28(16-14-27)41-20-19-38-17-1-2-18-38/h3-16,21H,1-2,17-20,22H2,(H,34,40)(H,35,37). The summed E-state index contributed by atoms with van der Waals surface area (Å²) in [6, 6.07) is 28.7. The highest BCUT2D eigenvalue weighted by molar-refractivity contribution is 6.30. The van der Waals surface area contributed by atoms with Crippen molar-refractivity contribution in [1.82, 2.24) is 19.5 Å². The van der Waals surface area contributed by atoms with Gasteiger partial charge in [-0.2, -0.15) is 4.98 Å². The largest absolute Gasteiger partial charge is 0.492 e. The van der Waals surface area contributed by atoms with Crippen LogP contribution in [0.25, 0.3) is 16.9 Å². The summed E-state index contributed by atoms with van der Waals surface area (Å²) in [6.45, 7) is 4.01. The summed E-state index contributed by atoms with van der Waals surface area (Å²) in [6.07, 6.45) is 2.83. The number of hydrogen-bond donors (Lipinski definition) is 2. The van der Waals surface area contributed by atoms with E-state index in [9.17, 15) is 4.79 Å². The predicted octanol–water partition coefficient (Wildman–Crippen LogP) is 6.45. The summed E-state index contributed by atoms with van der Waals surface area (Å²) in [5, 5.41) is 11.6. The lowest BCUT2D eigenvalue weighted by molar-refractivity contribution is -0.115. The van der Waals surface area contributed by atoms with Gasteiger partial charge in [0, 0.05) is 28.5 Å². The predicted molar refractivity (Wildman–Crippen MR) is 163 cm³/mol. The zero-order valence-electron chi connectivity index (χ0n) is 22.6. The van der Waals surface area contributed by atoms with Crippen LogP contribution >= 0.6 is 11.6 Å². The molecule has 0 bridgehead atoms. The minimum Gasteiger partial charge on any atom is -0.492 e. The molecule has 41 heavy (non-hydrogen) atoms. The number of nitrogens with one attached hydrogen (secondary N) is 2. The Balaban J connectivity index is 1.09. The fourth-order valence-electron chi connectivity index (χ4n) is 5.00. The Hall–Kier alpha value is -4.40. The first-order valence-electron chi connectivity index (χ1n) is 13.8. The highest BCUT2D eigenvalue weighted by Crippen LogP contribution is 2.25. The third-order valence-electron chi connectivity index (χ3n) is 7.06. The Morgan fingerprint density at radius 3 is 2.44 bits per heavy atom. The molecule has 6 rings (SSSR count). The molecule has 9 heteroatoms. The molecule has 0 aliphatic carbocycles. The maximum Gasteiger partial charge on any atom is 0.247 e. The molecule has 0 unspecified atom stereocenters. The monoisotopic (exact) mass is 566 g/mol. The molecule has 2 aromatic heterocycles. The maximum absolute atomic E-state index is 12.5. The van der Waals surface area contributed by atoms with Gasteiger partial charge in [0.05, 0.1) is 12.1 Å². The molecule has 3 aromatic carbocycles. The minimum absolute atomic E-state index is 0.101. The molecule has 1 aliphatic heterocycles. The van der Waals surface area contributed by atoms with Crippen LogP contribution in [0.1, 0.15) is 18.4 Å². The second-order valence-electron chi connectivity index (χ2n) is 10.1. The van der Waals surface area contributed by atoms with Crippen molar-refractivity contribution in [2.45, 2.75) is 19.3 Å². The third-order valence-corrected chi connectivity index (χ3v) is 7.30. The molecule has 0 radical (unpaired) electrons. The van der Waals surface area contributed by atoms with Crippen molar-refractivity contribution in [1.29, 1.82) is 0 Å². The first-order chi connectivity index (χ1) is 20.1. The van der Waals surface area contributed by atoms with E-state index >= 15 is 0 Å². The van der Waals surface area contributed by atoms with E-state index in [0.717, 1.165) is 46.1 Å². The number of hydrogen-bond acceptors (Lipinski definition) is 6. The van der Waals surface area contributed by atoms with Gasteiger partial charge >= 0.3 is 0 Å². The van der Waals surface area contributed by atoms with E-state index in [2.05, 4.69) is 20.5 Å². The Morgan fingerprint density at radius 1 is 0.902 bits per heavy atom. The molecule has 1 aliphatic rings. The first-order valence-corrected chi connectivity index (χ1v) is 14.2. The van der Waals surface area contributed by atoms with Crippen molar-refractivity contribution >= 4 is 40.5 Å². The number of benzene rings is 3. The van der Waals surface area contributed by atoms with Gasteiger partial charge in [-0.25, -0.2) is 4.52 Å². The van der Waals surface area contributed by atoms with Gasteiger partial charge in [0.2, 0.25) is 11.9 Å². The molecule has 0 saturated carbocycles. The van der Waals surface area contributed by atoms with Gasteiger partial charge in [0.1, 0.15) is 12.4 Å². The SMILES string of the molecule is O=C(Cc1cccc(Cl)c1)Nc1ccc(-c2cccc3nc(Nc4ccc(OCCN5CCCC5)cc4)nn23)cc1. The van der Waals surface area contributed by atoms with Gasteiger partial charge in [0.25, 0.3) is 0 Å². The van der Waals surface area contributed by atoms with Crippen LogP contribution in [-0.2, 0) is 11.2 Å². The van der Waals surface area contributed by atoms with E-state index in [-0.39, 0.29) is 12.3 Å². The number of halogens is 1. The summed E-state index contributed by atoms with van der Waals surface area (Å²) in [7, 11) is 0. The number of rotatable bonds is 10. The lowest BCUT2D eigenvalue weighted by Gasteiger charge is -2.15. The fourth-order valence-corrected chi connectivity index (χ4v) is 5.21. The summed E-state index contributed by atoms with van der Waals surface area (Å²) in [5.41, 5.74) is 5.04. The molecular formula is C32H31ClN6O2. The van der Waals surface area contributed by atoms with E-state index in [1.165, 1.54) is 25.9 Å². The van der Waals surface area contributed by atoms with Crippen molar-refractivity contribution < 1.29 is 9.53 Å². The van der Waals surface area contributed by atoms with Crippen LogP contribution in [0.2, 0.25) is 5.02 Å². The van der Waals surface area contributed by atoms with E-state index in [1.807, 2.05) is 83.4 Å². The zero-order valence-corrected chi connectivity index (χ0v) is 23.3. The van der Waals surface area contributed by atoms with Crippen LogP contribution in [-0.4, -0.2) is 51.6 Å². The Bertz CT molecular complexity index is 1630. The second-order valence-corrected chi connectivity index (χ2v) is 10.5. The van der Waals surface area contributed by atoms with Crippen LogP contribution in [0.3, 0.4) is 0 Å². The number of pyridine rings is 1. The smallest absolute Gasteiger partial charge is 0.247 e. The lowest BCUT2D eigenvalue weighted by Crippen LogP contribution is -2.25. The van der Waals surface area contributed by atoms with Crippen molar-refractivity contribution in [3.05, 3.63) is 102 Å². The average Bonchev–Trinajstić information content (AvgIpc) is 3.64. The average molecular weight is 567 g/mol. The molecule has 5 aromatic rings. The van der Waals surface area contributed by atoms with Crippen LogP contribution < -0.4 is 15.4 Å². The molecule has 1 amide bonds. The minimum atomic E-state index is -0.101. The fraction of sp³-hybridized carbons (Fsp3) is 0.219. The number of nitrogens with zero attached hydrogens (tertiary/aromatic N) is 4. The topological polar surface area (TPSA) is 83.8 Å². The van der Waals surface area contributed by atoms with Gasteiger partial charge in [-0.1, -0.05) is 41.9 Å². The Kier molecular flexibility index (Phi) is 8.11. The van der Waals surface area contributed by atoms with Crippen molar-refractivity contribution in [2.24, 2.45) is 0 Å².